The lowest BCUT2D eigenvalue weighted by Crippen LogP contribution is -2.44. The topological polar surface area (TPSA) is 52.2 Å². The van der Waals surface area contributed by atoms with Crippen molar-refractivity contribution < 1.29 is 23.3 Å². The highest BCUT2D eigenvalue weighted by atomic mass is 32.1. The van der Waals surface area contributed by atoms with Crippen molar-refractivity contribution in [3.63, 3.8) is 0 Å². The highest BCUT2D eigenvalue weighted by Gasteiger charge is 2.31. The lowest BCUT2D eigenvalue weighted by Gasteiger charge is -2.39. The van der Waals surface area contributed by atoms with E-state index in [0.717, 1.165) is 17.5 Å². The fraction of sp³-hybridized carbons (Fsp3) is 0.269. The number of anilines is 1. The van der Waals surface area contributed by atoms with Crippen LogP contribution in [0.4, 0.5) is 10.1 Å². The van der Waals surface area contributed by atoms with Crippen LogP contribution in [0.1, 0.15) is 17.2 Å². The third-order valence-corrected chi connectivity index (χ3v) is 6.16. The second kappa shape index (κ2) is 10.6. The van der Waals surface area contributed by atoms with Crippen LogP contribution in [0.5, 0.6) is 23.0 Å². The number of hydrogen-bond donors (Lipinski definition) is 1. The summed E-state index contributed by atoms with van der Waals surface area (Å²) in [5, 5.41) is 3.75. The van der Waals surface area contributed by atoms with Gasteiger partial charge >= 0.3 is 0 Å². The number of para-hydroxylation sites is 2. The first-order valence-corrected chi connectivity index (χ1v) is 11.3. The molecule has 6 nitrogen and oxygen atoms in total. The smallest absolute Gasteiger partial charge is 0.174 e. The molecular weight excluding hydrogens is 455 g/mol. The molecule has 3 aromatic rings. The molecule has 1 N–H and O–H groups in total. The van der Waals surface area contributed by atoms with Crippen molar-refractivity contribution in [2.24, 2.45) is 0 Å². The van der Waals surface area contributed by atoms with Crippen LogP contribution in [0, 0.1) is 5.82 Å². The fourth-order valence-electron chi connectivity index (χ4n) is 4.09. The first-order chi connectivity index (χ1) is 16.5. The maximum absolute atomic E-state index is 13.3. The van der Waals surface area contributed by atoms with Gasteiger partial charge in [-0.3, -0.25) is 0 Å². The van der Waals surface area contributed by atoms with Crippen LogP contribution in [0.15, 0.2) is 60.7 Å². The van der Waals surface area contributed by atoms with Gasteiger partial charge in [-0.2, -0.15) is 0 Å². The number of hydrogen-bond acceptors (Lipinski definition) is 5. The molecule has 8 heteroatoms. The Kier molecular flexibility index (Phi) is 7.37. The summed E-state index contributed by atoms with van der Waals surface area (Å²) in [7, 11) is 4.86. The number of rotatable bonds is 7. The SMILES string of the molecule is COc1cc2c(cc1OC)[C@H](COc1ccccc1OC)N(C(=S)Nc1ccc(F)cc1)CC2. The molecule has 0 bridgehead atoms. The van der Waals surface area contributed by atoms with E-state index in [-0.39, 0.29) is 11.9 Å². The second-order valence-corrected chi connectivity index (χ2v) is 8.15. The summed E-state index contributed by atoms with van der Waals surface area (Å²) in [6, 6.07) is 17.4. The van der Waals surface area contributed by atoms with Gasteiger partial charge in [0.1, 0.15) is 12.4 Å². The van der Waals surface area contributed by atoms with E-state index in [9.17, 15) is 4.39 Å². The Morgan fingerprint density at radius 1 is 0.941 bits per heavy atom. The van der Waals surface area contributed by atoms with Crippen LogP contribution < -0.4 is 24.3 Å². The molecule has 0 amide bonds. The Morgan fingerprint density at radius 3 is 2.26 bits per heavy atom. The third-order valence-electron chi connectivity index (χ3n) is 5.82. The molecule has 34 heavy (non-hydrogen) atoms. The number of methoxy groups -OCH3 is 3. The molecule has 0 aliphatic carbocycles. The number of ether oxygens (including phenoxy) is 4. The van der Waals surface area contributed by atoms with Crippen molar-refractivity contribution in [1.29, 1.82) is 0 Å². The highest BCUT2D eigenvalue weighted by Crippen LogP contribution is 2.39. The van der Waals surface area contributed by atoms with Crippen LogP contribution in [0.25, 0.3) is 0 Å². The Labute approximate surface area is 204 Å². The van der Waals surface area contributed by atoms with Crippen molar-refractivity contribution >= 4 is 23.0 Å². The van der Waals surface area contributed by atoms with Gasteiger partial charge in [0.2, 0.25) is 0 Å². The molecule has 1 atom stereocenters. The molecule has 4 rings (SSSR count). The van der Waals surface area contributed by atoms with E-state index in [2.05, 4.69) is 10.2 Å². The van der Waals surface area contributed by atoms with Gasteiger partial charge in [-0.25, -0.2) is 4.39 Å². The molecule has 1 aliphatic heterocycles. The maximum atomic E-state index is 13.3. The number of thiocarbonyl (C=S) groups is 1. The lowest BCUT2D eigenvalue weighted by molar-refractivity contribution is 0.185. The Hall–Kier alpha value is -3.52. The summed E-state index contributed by atoms with van der Waals surface area (Å²) in [4.78, 5) is 2.09. The number of fused-ring (bicyclic) bond motifs is 1. The molecule has 0 spiro atoms. The van der Waals surface area contributed by atoms with E-state index in [1.165, 1.54) is 12.1 Å². The number of halogens is 1. The average Bonchev–Trinajstić information content (AvgIpc) is 2.87. The number of benzene rings is 3. The zero-order valence-corrected chi connectivity index (χ0v) is 20.2. The summed E-state index contributed by atoms with van der Waals surface area (Å²) >= 11 is 5.77. The highest BCUT2D eigenvalue weighted by molar-refractivity contribution is 7.80. The predicted octanol–water partition coefficient (Wildman–Crippen LogP) is 5.23. The van der Waals surface area contributed by atoms with E-state index in [1.807, 2.05) is 36.4 Å². The van der Waals surface area contributed by atoms with Gasteiger partial charge in [-0.05, 0) is 78.3 Å². The summed E-state index contributed by atoms with van der Waals surface area (Å²) in [6.07, 6.45) is 0.770. The maximum Gasteiger partial charge on any atom is 0.174 e. The van der Waals surface area contributed by atoms with Crippen molar-refractivity contribution in [2.75, 3.05) is 39.8 Å². The van der Waals surface area contributed by atoms with E-state index < -0.39 is 0 Å². The molecular formula is C26H27FN2O4S. The minimum absolute atomic E-state index is 0.200. The van der Waals surface area contributed by atoms with E-state index in [0.29, 0.717) is 46.9 Å². The first-order valence-electron chi connectivity index (χ1n) is 10.9. The Morgan fingerprint density at radius 2 is 1.59 bits per heavy atom. The standard InChI is InChI=1S/C26H27FN2O4S/c1-30-22-6-4-5-7-23(22)33-16-21-20-15-25(32-3)24(31-2)14-17(20)12-13-29(21)26(34)28-19-10-8-18(27)9-11-19/h4-11,14-15,21H,12-13,16H2,1-3H3,(H,28,34)/t21-/m0/s1. The van der Waals surface area contributed by atoms with Crippen molar-refractivity contribution in [3.8, 4) is 23.0 Å². The molecule has 1 aliphatic rings. The largest absolute Gasteiger partial charge is 0.493 e. The Bertz CT molecular complexity index is 1160. The van der Waals surface area contributed by atoms with Crippen LogP contribution in [-0.2, 0) is 6.42 Å². The van der Waals surface area contributed by atoms with E-state index in [4.69, 9.17) is 31.2 Å². The van der Waals surface area contributed by atoms with Gasteiger partial charge in [0.05, 0.1) is 27.4 Å². The fourth-order valence-corrected chi connectivity index (χ4v) is 4.42. The second-order valence-electron chi connectivity index (χ2n) is 7.76. The molecule has 0 saturated heterocycles. The predicted molar refractivity (Wildman–Crippen MR) is 134 cm³/mol. The van der Waals surface area contributed by atoms with E-state index >= 15 is 0 Å². The van der Waals surface area contributed by atoms with Gasteiger partial charge in [0.25, 0.3) is 0 Å². The first kappa shape index (κ1) is 23.6. The number of nitrogens with one attached hydrogen (secondary N) is 1. The summed E-state index contributed by atoms with van der Waals surface area (Å²) in [5.74, 6) is 2.33. The lowest BCUT2D eigenvalue weighted by atomic mass is 9.92. The summed E-state index contributed by atoms with van der Waals surface area (Å²) in [6.45, 7) is 1.00. The molecule has 3 aromatic carbocycles. The third kappa shape index (κ3) is 5.02. The average molecular weight is 483 g/mol. The van der Waals surface area contributed by atoms with Crippen molar-refractivity contribution in [3.05, 3.63) is 77.6 Å². The van der Waals surface area contributed by atoms with Gasteiger partial charge < -0.3 is 29.2 Å². The molecule has 1 heterocycles. The van der Waals surface area contributed by atoms with Crippen molar-refractivity contribution in [2.45, 2.75) is 12.5 Å². The van der Waals surface area contributed by atoms with Gasteiger partial charge in [0, 0.05) is 12.2 Å². The number of nitrogens with zero attached hydrogens (tertiary/aromatic N) is 1. The Balaban J connectivity index is 1.66. The van der Waals surface area contributed by atoms with Gasteiger partial charge in [-0.15, -0.1) is 0 Å². The summed E-state index contributed by atoms with van der Waals surface area (Å²) in [5.41, 5.74) is 2.91. The zero-order chi connectivity index (χ0) is 24.1. The molecule has 0 radical (unpaired) electrons. The van der Waals surface area contributed by atoms with Crippen LogP contribution in [-0.4, -0.2) is 44.5 Å². The van der Waals surface area contributed by atoms with E-state index in [1.54, 1.807) is 33.5 Å². The minimum Gasteiger partial charge on any atom is -0.493 e. The molecule has 0 saturated carbocycles. The van der Waals surface area contributed by atoms with Crippen LogP contribution in [0.2, 0.25) is 0 Å². The minimum atomic E-state index is -0.299. The quantitative estimate of drug-likeness (QED) is 0.463. The molecule has 0 unspecified atom stereocenters. The van der Waals surface area contributed by atoms with Crippen molar-refractivity contribution in [1.82, 2.24) is 4.90 Å². The van der Waals surface area contributed by atoms with Crippen LogP contribution >= 0.6 is 12.2 Å². The normalized spacial score (nSPS) is 14.7. The molecule has 0 fully saturated rings. The molecule has 0 aromatic heterocycles. The van der Waals surface area contributed by atoms with Gasteiger partial charge in [-0.1, -0.05) is 12.1 Å². The summed E-state index contributed by atoms with van der Waals surface area (Å²) < 4.78 is 36.1. The molecule has 178 valence electrons. The monoisotopic (exact) mass is 482 g/mol. The van der Waals surface area contributed by atoms with Gasteiger partial charge in [0.15, 0.2) is 28.1 Å². The zero-order valence-electron chi connectivity index (χ0n) is 19.3. The van der Waals surface area contributed by atoms with Crippen LogP contribution in [0.3, 0.4) is 0 Å².